The Kier molecular flexibility index (Phi) is 6.17. The number of nitrogens with zero attached hydrogens (tertiary/aromatic N) is 3. The molecule has 0 amide bonds. The summed E-state index contributed by atoms with van der Waals surface area (Å²) in [6, 6.07) is 0. The minimum absolute atomic E-state index is 0.0765. The lowest BCUT2D eigenvalue weighted by molar-refractivity contribution is 0.395. The van der Waals surface area contributed by atoms with Gasteiger partial charge in [-0.05, 0) is 12.8 Å². The van der Waals surface area contributed by atoms with Crippen molar-refractivity contribution in [2.24, 2.45) is 0 Å². The van der Waals surface area contributed by atoms with Crippen LogP contribution < -0.4 is 5.73 Å². The van der Waals surface area contributed by atoms with E-state index in [4.69, 9.17) is 5.73 Å². The highest BCUT2D eigenvalue weighted by molar-refractivity contribution is 7.89. The predicted octanol–water partition coefficient (Wildman–Crippen LogP) is 1.65. The Bertz CT molecular complexity index is 465. The Labute approximate surface area is 115 Å². The fraction of sp³-hybridized carbons (Fsp3) is 0.667. The van der Waals surface area contributed by atoms with Gasteiger partial charge in [-0.15, -0.1) is 0 Å². The van der Waals surface area contributed by atoms with Crippen molar-refractivity contribution in [3.8, 4) is 0 Å². The Morgan fingerprint density at radius 1 is 1.11 bits per heavy atom. The lowest BCUT2D eigenvalue weighted by atomic mass is 10.3. The number of nitrogens with two attached hydrogens (primary N) is 1. The van der Waals surface area contributed by atoms with Crippen LogP contribution >= 0.6 is 0 Å². The Morgan fingerprint density at radius 2 is 1.58 bits per heavy atom. The van der Waals surface area contributed by atoms with Crippen LogP contribution in [-0.2, 0) is 10.0 Å². The molecule has 19 heavy (non-hydrogen) atoms. The minimum atomic E-state index is -3.51. The quantitative estimate of drug-likeness (QED) is 0.785. The minimum Gasteiger partial charge on any atom is -0.368 e. The maximum absolute atomic E-state index is 12.5. The van der Waals surface area contributed by atoms with E-state index < -0.39 is 10.0 Å². The summed E-state index contributed by atoms with van der Waals surface area (Å²) in [7, 11) is -3.51. The third-order valence-corrected chi connectivity index (χ3v) is 4.66. The van der Waals surface area contributed by atoms with Crippen molar-refractivity contribution in [3.63, 3.8) is 0 Å². The zero-order chi connectivity index (χ0) is 14.3. The second-order valence-electron chi connectivity index (χ2n) is 4.39. The van der Waals surface area contributed by atoms with Crippen LogP contribution in [0.3, 0.4) is 0 Å². The first kappa shape index (κ1) is 15.8. The average Bonchev–Trinajstić information content (AvgIpc) is 2.39. The van der Waals surface area contributed by atoms with E-state index in [1.165, 1.54) is 16.7 Å². The molecule has 0 unspecified atom stereocenters. The van der Waals surface area contributed by atoms with Gasteiger partial charge in [-0.1, -0.05) is 26.7 Å². The molecule has 1 rings (SSSR count). The van der Waals surface area contributed by atoms with Crippen LogP contribution in [-0.4, -0.2) is 35.8 Å². The van der Waals surface area contributed by atoms with E-state index in [1.807, 2.05) is 13.8 Å². The van der Waals surface area contributed by atoms with Crippen LogP contribution in [0, 0.1) is 0 Å². The molecule has 0 aliphatic carbocycles. The largest absolute Gasteiger partial charge is 0.368 e. The van der Waals surface area contributed by atoms with E-state index in [9.17, 15) is 8.42 Å². The summed E-state index contributed by atoms with van der Waals surface area (Å²) in [5, 5.41) is 0. The zero-order valence-corrected chi connectivity index (χ0v) is 12.4. The molecule has 1 aromatic heterocycles. The smallest absolute Gasteiger partial charge is 0.246 e. The van der Waals surface area contributed by atoms with E-state index in [0.717, 1.165) is 25.7 Å². The Morgan fingerprint density at radius 3 is 2.00 bits per heavy atom. The molecule has 108 valence electrons. The number of aromatic nitrogens is 2. The molecule has 0 fully saturated rings. The van der Waals surface area contributed by atoms with Crippen molar-refractivity contribution in [2.75, 3.05) is 18.8 Å². The van der Waals surface area contributed by atoms with Gasteiger partial charge in [-0.2, -0.15) is 4.31 Å². The lowest BCUT2D eigenvalue weighted by Gasteiger charge is -2.21. The molecule has 7 heteroatoms. The van der Waals surface area contributed by atoms with Crippen LogP contribution in [0.15, 0.2) is 17.3 Å². The van der Waals surface area contributed by atoms with Gasteiger partial charge in [0.25, 0.3) is 0 Å². The molecule has 0 radical (unpaired) electrons. The second-order valence-corrected chi connectivity index (χ2v) is 6.33. The molecule has 0 aliphatic heterocycles. The van der Waals surface area contributed by atoms with Gasteiger partial charge in [-0.25, -0.2) is 18.4 Å². The topological polar surface area (TPSA) is 89.2 Å². The summed E-state index contributed by atoms with van der Waals surface area (Å²) in [5.74, 6) is 0.0765. The fourth-order valence-corrected chi connectivity index (χ4v) is 3.04. The molecule has 0 spiro atoms. The molecule has 0 aliphatic rings. The van der Waals surface area contributed by atoms with Gasteiger partial charge in [0.2, 0.25) is 16.0 Å². The number of unbranched alkanes of at least 4 members (excludes halogenated alkanes) is 2. The predicted molar refractivity (Wildman–Crippen MR) is 75.0 cm³/mol. The Hall–Kier alpha value is -1.21. The van der Waals surface area contributed by atoms with Crippen LogP contribution in [0.25, 0.3) is 0 Å². The van der Waals surface area contributed by atoms with Gasteiger partial charge < -0.3 is 5.73 Å². The van der Waals surface area contributed by atoms with E-state index in [1.54, 1.807) is 0 Å². The number of hydrogen-bond acceptors (Lipinski definition) is 5. The van der Waals surface area contributed by atoms with Gasteiger partial charge in [0.1, 0.15) is 4.90 Å². The van der Waals surface area contributed by atoms with Crippen LogP contribution in [0.4, 0.5) is 5.95 Å². The summed E-state index contributed by atoms with van der Waals surface area (Å²) < 4.78 is 26.4. The second kappa shape index (κ2) is 7.40. The third-order valence-electron chi connectivity index (χ3n) is 2.81. The van der Waals surface area contributed by atoms with E-state index in [0.29, 0.717) is 13.1 Å². The van der Waals surface area contributed by atoms with Crippen LogP contribution in [0.5, 0.6) is 0 Å². The molecule has 1 aromatic rings. The maximum atomic E-state index is 12.5. The fourth-order valence-electron chi connectivity index (χ4n) is 1.63. The van der Waals surface area contributed by atoms with E-state index in [2.05, 4.69) is 9.97 Å². The first-order valence-corrected chi connectivity index (χ1v) is 8.04. The van der Waals surface area contributed by atoms with Crippen molar-refractivity contribution >= 4 is 16.0 Å². The van der Waals surface area contributed by atoms with Gasteiger partial charge in [0.15, 0.2) is 0 Å². The first-order valence-electron chi connectivity index (χ1n) is 6.60. The standard InChI is InChI=1S/C12H22N4O2S/c1-3-5-7-16(8-6-4-2)19(17,18)11-9-14-12(13)15-10-11/h9-10H,3-8H2,1-2H3,(H2,13,14,15). The first-order chi connectivity index (χ1) is 9.02. The van der Waals surface area contributed by atoms with Crippen molar-refractivity contribution in [1.29, 1.82) is 0 Å². The number of nitrogen functional groups attached to an aromatic ring is 1. The highest BCUT2D eigenvalue weighted by Gasteiger charge is 2.24. The Balaban J connectivity index is 2.93. The molecule has 0 aromatic carbocycles. The molecule has 6 nitrogen and oxygen atoms in total. The third kappa shape index (κ3) is 4.43. The van der Waals surface area contributed by atoms with E-state index >= 15 is 0 Å². The molecule has 0 atom stereocenters. The van der Waals surface area contributed by atoms with Crippen LogP contribution in [0.1, 0.15) is 39.5 Å². The summed E-state index contributed by atoms with van der Waals surface area (Å²) >= 11 is 0. The molecular weight excluding hydrogens is 264 g/mol. The van der Waals surface area contributed by atoms with Crippen molar-refractivity contribution < 1.29 is 8.42 Å². The molecule has 0 saturated heterocycles. The summed E-state index contributed by atoms with van der Waals surface area (Å²) in [6.07, 6.45) is 6.13. The number of hydrogen-bond donors (Lipinski definition) is 1. The highest BCUT2D eigenvalue weighted by Crippen LogP contribution is 2.16. The van der Waals surface area contributed by atoms with Crippen molar-refractivity contribution in [3.05, 3.63) is 12.4 Å². The van der Waals surface area contributed by atoms with Gasteiger partial charge in [0.05, 0.1) is 12.4 Å². The van der Waals surface area contributed by atoms with Crippen molar-refractivity contribution in [2.45, 2.75) is 44.4 Å². The van der Waals surface area contributed by atoms with Crippen LogP contribution in [0.2, 0.25) is 0 Å². The normalized spacial score (nSPS) is 11.9. The summed E-state index contributed by atoms with van der Waals surface area (Å²) in [4.78, 5) is 7.60. The highest BCUT2D eigenvalue weighted by atomic mass is 32.2. The number of rotatable bonds is 8. The molecule has 0 saturated carbocycles. The summed E-state index contributed by atoms with van der Waals surface area (Å²) in [6.45, 7) is 5.14. The molecule has 0 bridgehead atoms. The molecule has 2 N–H and O–H groups in total. The molecular formula is C12H22N4O2S. The average molecular weight is 286 g/mol. The lowest BCUT2D eigenvalue weighted by Crippen LogP contribution is -2.33. The number of sulfonamides is 1. The van der Waals surface area contributed by atoms with Gasteiger partial charge in [-0.3, -0.25) is 0 Å². The monoisotopic (exact) mass is 286 g/mol. The van der Waals surface area contributed by atoms with E-state index in [-0.39, 0.29) is 10.8 Å². The SMILES string of the molecule is CCCCN(CCCC)S(=O)(=O)c1cnc(N)nc1. The maximum Gasteiger partial charge on any atom is 0.246 e. The van der Waals surface area contributed by atoms with Gasteiger partial charge >= 0.3 is 0 Å². The van der Waals surface area contributed by atoms with Gasteiger partial charge in [0, 0.05) is 13.1 Å². The zero-order valence-electron chi connectivity index (χ0n) is 11.5. The summed E-state index contributed by atoms with van der Waals surface area (Å²) in [5.41, 5.74) is 5.38. The molecule has 1 heterocycles. The van der Waals surface area contributed by atoms with Crippen molar-refractivity contribution in [1.82, 2.24) is 14.3 Å². The number of anilines is 1.